The second-order valence-corrected chi connectivity index (χ2v) is 12.3. The first-order chi connectivity index (χ1) is 22.1. The molecule has 0 unspecified atom stereocenters. The van der Waals surface area contributed by atoms with Crippen molar-refractivity contribution in [3.05, 3.63) is 98.5 Å². The number of hydrogen-bond acceptors (Lipinski definition) is 6. The fraction of sp³-hybridized carbons (Fsp3) is 0.324. The van der Waals surface area contributed by atoms with Crippen LogP contribution in [-0.4, -0.2) is 83.3 Å². The Balaban J connectivity index is 0.00000134. The Morgan fingerprint density at radius 2 is 1.41 bits per heavy atom. The van der Waals surface area contributed by atoms with Crippen molar-refractivity contribution in [1.82, 2.24) is 15.1 Å². The van der Waals surface area contributed by atoms with Gasteiger partial charge in [0.25, 0.3) is 30.1 Å². The van der Waals surface area contributed by atoms with Crippen molar-refractivity contribution < 1.29 is 29.1 Å². The molecule has 0 saturated carbocycles. The number of amides is 4. The summed E-state index contributed by atoms with van der Waals surface area (Å²) in [6, 6.07) is 17.2. The number of nitrogens with one attached hydrogen (secondary N) is 1. The maximum Gasteiger partial charge on any atom is 0.290 e. The van der Waals surface area contributed by atoms with Crippen LogP contribution in [0.4, 0.5) is 5.69 Å². The zero-order valence-electron chi connectivity index (χ0n) is 25.2. The number of nitrogens with zero attached hydrogens (tertiary/aromatic N) is 3. The van der Waals surface area contributed by atoms with Gasteiger partial charge < -0.3 is 20.2 Å². The number of rotatable bonds is 5. The van der Waals surface area contributed by atoms with Gasteiger partial charge >= 0.3 is 0 Å². The second-order valence-electron chi connectivity index (χ2n) is 11.5. The molecule has 46 heavy (non-hydrogen) atoms. The second kappa shape index (κ2) is 14.5. The first-order valence-electron chi connectivity index (χ1n) is 15.1. The Labute approximate surface area is 276 Å². The number of carboxylic acid groups (broad SMARTS) is 1. The Morgan fingerprint density at radius 3 is 1.98 bits per heavy atom. The highest BCUT2D eigenvalue weighted by Gasteiger charge is 2.36. The van der Waals surface area contributed by atoms with Gasteiger partial charge in [-0.25, -0.2) is 4.90 Å². The van der Waals surface area contributed by atoms with Crippen molar-refractivity contribution in [2.75, 3.05) is 31.1 Å². The van der Waals surface area contributed by atoms with Crippen molar-refractivity contribution in [2.24, 2.45) is 0 Å². The molecule has 0 bridgehead atoms. The molecule has 12 heteroatoms. The molecular formula is C34H34Cl2N4O6. The summed E-state index contributed by atoms with van der Waals surface area (Å²) in [5, 5.41) is 11.0. The number of carbonyl (C=O) groups is 5. The number of hydrogen-bond donors (Lipinski definition) is 2. The summed E-state index contributed by atoms with van der Waals surface area (Å²) in [4.78, 5) is 65.5. The molecule has 240 valence electrons. The molecule has 2 fully saturated rings. The molecule has 3 heterocycles. The summed E-state index contributed by atoms with van der Waals surface area (Å²) in [6.07, 6.45) is 3.48. The number of piperidine rings is 2. The van der Waals surface area contributed by atoms with E-state index in [1.54, 1.807) is 60.7 Å². The lowest BCUT2D eigenvalue weighted by Gasteiger charge is -2.42. The highest BCUT2D eigenvalue weighted by molar-refractivity contribution is 6.38. The van der Waals surface area contributed by atoms with Crippen molar-refractivity contribution in [1.29, 1.82) is 0 Å². The first-order valence-corrected chi connectivity index (χ1v) is 15.8. The van der Waals surface area contributed by atoms with Crippen molar-refractivity contribution in [2.45, 2.75) is 44.7 Å². The molecule has 4 amide bonds. The lowest BCUT2D eigenvalue weighted by atomic mass is 9.97. The monoisotopic (exact) mass is 664 g/mol. The summed E-state index contributed by atoms with van der Waals surface area (Å²) in [7, 11) is 0. The molecule has 6 rings (SSSR count). The van der Waals surface area contributed by atoms with Crippen molar-refractivity contribution in [3.8, 4) is 0 Å². The number of halogens is 2. The van der Waals surface area contributed by atoms with E-state index in [0.717, 1.165) is 49.2 Å². The summed E-state index contributed by atoms with van der Waals surface area (Å²) >= 11 is 12.6. The topological polar surface area (TPSA) is 127 Å². The molecule has 3 aliphatic rings. The quantitative estimate of drug-likeness (QED) is 0.280. The number of benzene rings is 3. The number of anilines is 1. The van der Waals surface area contributed by atoms with Crippen LogP contribution in [0.5, 0.6) is 0 Å². The molecule has 0 spiro atoms. The van der Waals surface area contributed by atoms with E-state index < -0.39 is 0 Å². The smallest absolute Gasteiger partial charge is 0.290 e. The molecule has 0 aliphatic carbocycles. The zero-order chi connectivity index (χ0) is 33.0. The summed E-state index contributed by atoms with van der Waals surface area (Å²) in [5.41, 5.74) is 2.91. The van der Waals surface area contributed by atoms with E-state index in [2.05, 4.69) is 10.2 Å². The van der Waals surface area contributed by atoms with Crippen molar-refractivity contribution >= 4 is 59.0 Å². The average molecular weight is 666 g/mol. The maximum absolute atomic E-state index is 13.1. The molecule has 3 aromatic rings. The number of fused-ring (bicyclic) bond motifs is 1. The van der Waals surface area contributed by atoms with Gasteiger partial charge in [0.15, 0.2) is 0 Å². The van der Waals surface area contributed by atoms with E-state index in [-0.39, 0.29) is 36.1 Å². The number of likely N-dealkylation sites (tertiary alicyclic amines) is 2. The Morgan fingerprint density at radius 1 is 0.848 bits per heavy atom. The molecule has 0 atom stereocenters. The van der Waals surface area contributed by atoms with Gasteiger partial charge in [-0.2, -0.15) is 0 Å². The van der Waals surface area contributed by atoms with E-state index in [0.29, 0.717) is 57.1 Å². The molecule has 0 aromatic heterocycles. The van der Waals surface area contributed by atoms with E-state index in [1.807, 2.05) is 11.8 Å². The number of imide groups is 1. The minimum atomic E-state index is -0.358. The Hall–Kier alpha value is -4.25. The minimum absolute atomic E-state index is 0.0543. The lowest BCUT2D eigenvalue weighted by molar-refractivity contribution is -0.122. The standard InChI is InChI=1S/C33H32Cl2N4O4.CH2O2/c1-20-28(34)11-10-27(29(20)35)31(41)38-18-14-23(15-19-38)37-16-12-22(13-17-37)36-30(40)21-6-8-24(9-7-21)39-32(42)25-4-2-3-5-26(25)33(39)43;2-1-3/h2-11,22-23H,12-19H2,1H3,(H,36,40);1H,(H,2,3). The largest absolute Gasteiger partial charge is 0.483 e. The van der Waals surface area contributed by atoms with Gasteiger partial charge in [0.2, 0.25) is 0 Å². The predicted octanol–water partition coefficient (Wildman–Crippen LogP) is 5.30. The Bertz CT molecular complexity index is 1610. The Kier molecular flexibility index (Phi) is 10.4. The van der Waals surface area contributed by atoms with Gasteiger partial charge in [-0.15, -0.1) is 0 Å². The maximum atomic E-state index is 13.1. The van der Waals surface area contributed by atoms with Gasteiger partial charge in [-0.05, 0) is 86.7 Å². The molecule has 0 radical (unpaired) electrons. The zero-order valence-corrected chi connectivity index (χ0v) is 26.8. The van der Waals surface area contributed by atoms with Crippen LogP contribution in [0.25, 0.3) is 0 Å². The van der Waals surface area contributed by atoms with Crippen LogP contribution in [0.3, 0.4) is 0 Å². The third kappa shape index (κ3) is 6.79. The molecule has 2 N–H and O–H groups in total. The van der Waals surface area contributed by atoms with Crippen LogP contribution < -0.4 is 10.2 Å². The SMILES string of the molecule is Cc1c(Cl)ccc(C(=O)N2CCC(N3CCC(NC(=O)c4ccc(N5C(=O)c6ccccc6C5=O)cc4)CC3)CC2)c1Cl.O=CO. The summed E-state index contributed by atoms with van der Waals surface area (Å²) < 4.78 is 0. The van der Waals surface area contributed by atoms with Gasteiger partial charge in [0, 0.05) is 48.8 Å². The fourth-order valence-corrected chi connectivity index (χ4v) is 6.75. The van der Waals surface area contributed by atoms with E-state index in [9.17, 15) is 19.2 Å². The highest BCUT2D eigenvalue weighted by atomic mass is 35.5. The van der Waals surface area contributed by atoms with E-state index in [1.165, 1.54) is 0 Å². The van der Waals surface area contributed by atoms with Gasteiger partial charge in [0.05, 0.1) is 27.4 Å². The first kappa shape index (κ1) is 33.1. The molecule has 3 aliphatic heterocycles. The summed E-state index contributed by atoms with van der Waals surface area (Å²) in [5.74, 6) is -0.942. The predicted molar refractivity (Wildman–Crippen MR) is 175 cm³/mol. The van der Waals surface area contributed by atoms with Gasteiger partial charge in [0.1, 0.15) is 0 Å². The van der Waals surface area contributed by atoms with E-state index in [4.69, 9.17) is 33.1 Å². The van der Waals surface area contributed by atoms with Crippen LogP contribution in [0.2, 0.25) is 10.0 Å². The molecule has 2 saturated heterocycles. The molecule has 3 aromatic carbocycles. The third-order valence-corrected chi connectivity index (χ3v) is 9.76. The van der Waals surface area contributed by atoms with Crippen LogP contribution in [0.1, 0.15) is 72.7 Å². The van der Waals surface area contributed by atoms with E-state index >= 15 is 0 Å². The van der Waals surface area contributed by atoms with Crippen molar-refractivity contribution in [3.63, 3.8) is 0 Å². The number of carbonyl (C=O) groups excluding carboxylic acids is 4. The van der Waals surface area contributed by atoms with Crippen LogP contribution >= 0.6 is 23.2 Å². The van der Waals surface area contributed by atoms with Gasteiger partial charge in [-0.1, -0.05) is 35.3 Å². The minimum Gasteiger partial charge on any atom is -0.483 e. The third-order valence-electron chi connectivity index (χ3n) is 8.87. The fourth-order valence-electron chi connectivity index (χ4n) is 6.29. The van der Waals surface area contributed by atoms with Gasteiger partial charge in [-0.3, -0.25) is 24.0 Å². The van der Waals surface area contributed by atoms with Crippen LogP contribution in [-0.2, 0) is 4.79 Å². The highest BCUT2D eigenvalue weighted by Crippen LogP contribution is 2.31. The van der Waals surface area contributed by atoms with Crippen LogP contribution in [0, 0.1) is 6.92 Å². The average Bonchev–Trinajstić information content (AvgIpc) is 3.33. The summed E-state index contributed by atoms with van der Waals surface area (Å²) in [6.45, 7) is 4.68. The normalized spacial score (nSPS) is 17.3. The molecule has 10 nitrogen and oxygen atoms in total. The molecular weight excluding hydrogens is 631 g/mol. The van der Waals surface area contributed by atoms with Crippen LogP contribution in [0.15, 0.2) is 60.7 Å². The lowest BCUT2D eigenvalue weighted by Crippen LogP contribution is -2.51.